The summed E-state index contributed by atoms with van der Waals surface area (Å²) in [7, 11) is -0.442. The molecule has 0 radical (unpaired) electrons. The van der Waals surface area contributed by atoms with Crippen molar-refractivity contribution < 1.29 is 9.31 Å². The van der Waals surface area contributed by atoms with Crippen LogP contribution in [-0.4, -0.2) is 29.1 Å². The van der Waals surface area contributed by atoms with E-state index in [1.165, 1.54) is 0 Å². The molecule has 0 spiro atoms. The SMILES string of the molecule is CC1(C)OB(C(=Cc2cnc(Cl)cc2N)CS)OC1(C)C. The van der Waals surface area contributed by atoms with Crippen molar-refractivity contribution in [2.45, 2.75) is 38.9 Å². The van der Waals surface area contributed by atoms with E-state index in [9.17, 15) is 0 Å². The average molecular weight is 327 g/mol. The first-order valence-electron chi connectivity index (χ1n) is 6.74. The van der Waals surface area contributed by atoms with Gasteiger partial charge >= 0.3 is 7.12 Å². The third-order valence-corrected chi connectivity index (χ3v) is 4.59. The molecule has 0 bridgehead atoms. The molecule has 0 saturated carbocycles. The number of hydrogen-bond acceptors (Lipinski definition) is 5. The number of aromatic nitrogens is 1. The zero-order valence-electron chi connectivity index (χ0n) is 12.7. The number of hydrogen-bond donors (Lipinski definition) is 2. The van der Waals surface area contributed by atoms with Gasteiger partial charge in [0.25, 0.3) is 0 Å². The van der Waals surface area contributed by atoms with Crippen LogP contribution in [0.15, 0.2) is 17.7 Å². The third kappa shape index (κ3) is 3.39. The first-order valence-corrected chi connectivity index (χ1v) is 7.75. The number of halogens is 1. The quantitative estimate of drug-likeness (QED) is 0.508. The number of anilines is 1. The van der Waals surface area contributed by atoms with Crippen LogP contribution in [0.25, 0.3) is 6.08 Å². The summed E-state index contributed by atoms with van der Waals surface area (Å²) in [6.45, 7) is 8.06. The lowest BCUT2D eigenvalue weighted by atomic mass is 9.78. The van der Waals surface area contributed by atoms with Gasteiger partial charge in [-0.05, 0) is 39.2 Å². The molecule has 2 rings (SSSR count). The summed E-state index contributed by atoms with van der Waals surface area (Å²) >= 11 is 10.2. The van der Waals surface area contributed by atoms with Gasteiger partial charge in [0.2, 0.25) is 0 Å². The second kappa shape index (κ2) is 5.84. The summed E-state index contributed by atoms with van der Waals surface area (Å²) in [6.07, 6.45) is 3.53. The smallest absolute Gasteiger partial charge is 0.400 e. The van der Waals surface area contributed by atoms with Crippen LogP contribution in [0.2, 0.25) is 5.15 Å². The monoisotopic (exact) mass is 326 g/mol. The van der Waals surface area contributed by atoms with Crippen LogP contribution in [0.1, 0.15) is 33.3 Å². The van der Waals surface area contributed by atoms with Crippen LogP contribution in [0, 0.1) is 0 Å². The molecule has 0 atom stereocenters. The summed E-state index contributed by atoms with van der Waals surface area (Å²) < 4.78 is 12.1. The van der Waals surface area contributed by atoms with E-state index in [1.54, 1.807) is 12.3 Å². The molecule has 1 aliphatic heterocycles. The number of nitrogens with zero attached hydrogens (tertiary/aromatic N) is 1. The second-order valence-corrected chi connectivity index (χ2v) is 6.81. The Balaban J connectivity index is 2.31. The number of pyridine rings is 1. The molecule has 1 aliphatic rings. The van der Waals surface area contributed by atoms with Crippen molar-refractivity contribution in [1.82, 2.24) is 4.98 Å². The summed E-state index contributed by atoms with van der Waals surface area (Å²) in [5.41, 5.74) is 7.42. The summed E-state index contributed by atoms with van der Waals surface area (Å²) in [5.74, 6) is 0.499. The Morgan fingerprint density at radius 1 is 1.38 bits per heavy atom. The number of rotatable bonds is 3. The Hall–Kier alpha value is -0.685. The molecular weight excluding hydrogens is 306 g/mol. The molecule has 0 amide bonds. The van der Waals surface area contributed by atoms with Gasteiger partial charge in [-0.1, -0.05) is 17.7 Å². The van der Waals surface area contributed by atoms with Gasteiger partial charge in [0, 0.05) is 23.2 Å². The van der Waals surface area contributed by atoms with E-state index in [0.29, 0.717) is 16.6 Å². The molecule has 1 aromatic rings. The zero-order valence-corrected chi connectivity index (χ0v) is 14.3. The van der Waals surface area contributed by atoms with Crippen molar-refractivity contribution in [3.8, 4) is 0 Å². The lowest BCUT2D eigenvalue weighted by Gasteiger charge is -2.32. The van der Waals surface area contributed by atoms with Gasteiger partial charge in [0.15, 0.2) is 0 Å². The fraction of sp³-hybridized carbons (Fsp3) is 0.500. The van der Waals surface area contributed by atoms with Crippen molar-refractivity contribution in [2.75, 3.05) is 11.5 Å². The predicted octanol–water partition coefficient (Wildman–Crippen LogP) is 3.26. The summed E-state index contributed by atoms with van der Waals surface area (Å²) in [6, 6.07) is 1.62. The molecular formula is C14H20BClN2O2S. The van der Waals surface area contributed by atoms with E-state index in [4.69, 9.17) is 26.6 Å². The first-order chi connectivity index (χ1) is 9.66. The van der Waals surface area contributed by atoms with Gasteiger partial charge in [0.05, 0.1) is 11.2 Å². The lowest BCUT2D eigenvalue weighted by molar-refractivity contribution is 0.00578. The van der Waals surface area contributed by atoms with Gasteiger partial charge in [0.1, 0.15) is 5.15 Å². The molecule has 2 N–H and O–H groups in total. The van der Waals surface area contributed by atoms with Gasteiger partial charge in [-0.2, -0.15) is 12.6 Å². The van der Waals surface area contributed by atoms with E-state index < -0.39 is 7.12 Å². The fourth-order valence-corrected chi connectivity index (χ4v) is 2.36. The predicted molar refractivity (Wildman–Crippen MR) is 91.6 cm³/mol. The fourth-order valence-electron chi connectivity index (χ4n) is 1.96. The highest BCUT2D eigenvalue weighted by molar-refractivity contribution is 7.80. The Morgan fingerprint density at radius 3 is 2.43 bits per heavy atom. The number of nitrogen functional groups attached to an aromatic ring is 1. The van der Waals surface area contributed by atoms with Crippen LogP contribution in [0.3, 0.4) is 0 Å². The van der Waals surface area contributed by atoms with Gasteiger partial charge in [-0.3, -0.25) is 0 Å². The van der Waals surface area contributed by atoms with Crippen molar-refractivity contribution in [3.05, 3.63) is 28.5 Å². The van der Waals surface area contributed by atoms with E-state index in [-0.39, 0.29) is 11.2 Å². The Labute approximate surface area is 136 Å². The third-order valence-electron chi connectivity index (χ3n) is 4.01. The summed E-state index contributed by atoms with van der Waals surface area (Å²) in [5, 5.41) is 0.368. The minimum Gasteiger partial charge on any atom is -0.400 e. The molecule has 0 aliphatic carbocycles. The molecule has 4 nitrogen and oxygen atoms in total. The van der Waals surface area contributed by atoms with E-state index >= 15 is 0 Å². The maximum absolute atomic E-state index is 6.03. The van der Waals surface area contributed by atoms with Crippen LogP contribution in [0.4, 0.5) is 5.69 Å². The van der Waals surface area contributed by atoms with Gasteiger partial charge < -0.3 is 15.0 Å². The maximum atomic E-state index is 6.03. The molecule has 7 heteroatoms. The minimum absolute atomic E-state index is 0.368. The van der Waals surface area contributed by atoms with Gasteiger partial charge in [-0.15, -0.1) is 0 Å². The molecule has 114 valence electrons. The van der Waals surface area contributed by atoms with Crippen molar-refractivity contribution in [3.63, 3.8) is 0 Å². The van der Waals surface area contributed by atoms with Crippen molar-refractivity contribution in [2.24, 2.45) is 0 Å². The minimum atomic E-state index is -0.442. The van der Waals surface area contributed by atoms with Crippen molar-refractivity contribution >= 4 is 43.1 Å². The standard InChI is InChI=1S/C14H20BClN2O2S/c1-13(2)14(3,4)20-15(19-13)10(8-21)5-9-7-18-12(16)6-11(9)17/h5-7,21H,8H2,1-4H3,(H2,17,18). The molecule has 0 unspecified atom stereocenters. The number of thiol groups is 1. The Bertz CT molecular complexity index is 562. The highest BCUT2D eigenvalue weighted by atomic mass is 35.5. The molecule has 2 heterocycles. The summed E-state index contributed by atoms with van der Waals surface area (Å²) in [4.78, 5) is 4.05. The lowest BCUT2D eigenvalue weighted by Crippen LogP contribution is -2.41. The highest BCUT2D eigenvalue weighted by Gasteiger charge is 2.52. The van der Waals surface area contributed by atoms with E-state index in [1.807, 2.05) is 33.8 Å². The molecule has 1 saturated heterocycles. The van der Waals surface area contributed by atoms with E-state index in [2.05, 4.69) is 17.6 Å². The normalized spacial score (nSPS) is 20.9. The molecule has 1 fully saturated rings. The Kier molecular flexibility index (Phi) is 4.64. The topological polar surface area (TPSA) is 57.4 Å². The molecule has 0 aromatic carbocycles. The van der Waals surface area contributed by atoms with Crippen LogP contribution in [-0.2, 0) is 9.31 Å². The largest absolute Gasteiger partial charge is 0.491 e. The van der Waals surface area contributed by atoms with Crippen LogP contribution >= 0.6 is 24.2 Å². The number of nitrogens with two attached hydrogens (primary N) is 1. The van der Waals surface area contributed by atoms with E-state index in [0.717, 1.165) is 11.0 Å². The van der Waals surface area contributed by atoms with Crippen LogP contribution < -0.4 is 5.73 Å². The molecule has 1 aromatic heterocycles. The maximum Gasteiger partial charge on any atom is 0.491 e. The average Bonchev–Trinajstić information content (AvgIpc) is 2.57. The second-order valence-electron chi connectivity index (χ2n) is 6.10. The highest BCUT2D eigenvalue weighted by Crippen LogP contribution is 2.39. The van der Waals surface area contributed by atoms with Gasteiger partial charge in [-0.25, -0.2) is 4.98 Å². The Morgan fingerprint density at radius 2 is 1.95 bits per heavy atom. The van der Waals surface area contributed by atoms with Crippen LogP contribution in [0.5, 0.6) is 0 Å². The molecule has 21 heavy (non-hydrogen) atoms. The van der Waals surface area contributed by atoms with Crippen molar-refractivity contribution in [1.29, 1.82) is 0 Å². The first kappa shape index (κ1) is 16.7. The zero-order chi connectivity index (χ0) is 15.8.